The summed E-state index contributed by atoms with van der Waals surface area (Å²) in [4.78, 5) is 24.0. The number of halogens is 3. The Kier molecular flexibility index (Phi) is 3.41. The molecule has 2 rings (SSSR count). The molecule has 0 amide bonds. The van der Waals surface area contributed by atoms with E-state index in [2.05, 4.69) is 0 Å². The van der Waals surface area contributed by atoms with Crippen LogP contribution in [0.1, 0.15) is 34.1 Å². The van der Waals surface area contributed by atoms with Gasteiger partial charge >= 0.3 is 6.18 Å². The van der Waals surface area contributed by atoms with Gasteiger partial charge in [0.15, 0.2) is 11.5 Å². The Morgan fingerprint density at radius 3 is 2.10 bits per heavy atom. The van der Waals surface area contributed by atoms with Crippen molar-refractivity contribution in [1.82, 2.24) is 0 Å². The third-order valence-corrected chi connectivity index (χ3v) is 3.26. The van der Waals surface area contributed by atoms with Gasteiger partial charge in [-0.2, -0.15) is 13.2 Å². The summed E-state index contributed by atoms with van der Waals surface area (Å²) < 4.78 is 37.7. The second-order valence-corrected chi connectivity index (χ2v) is 4.68. The summed E-state index contributed by atoms with van der Waals surface area (Å²) in [5.41, 5.74) is -0.434. The van der Waals surface area contributed by atoms with Crippen LogP contribution in [-0.2, 0) is 0 Å². The molecule has 1 N–H and O–H groups in total. The van der Waals surface area contributed by atoms with Gasteiger partial charge in [-0.15, -0.1) is 0 Å². The van der Waals surface area contributed by atoms with Gasteiger partial charge in [0.25, 0.3) is 0 Å². The van der Waals surface area contributed by atoms with Crippen LogP contribution in [0.5, 0.6) is 0 Å². The van der Waals surface area contributed by atoms with Crippen molar-refractivity contribution < 1.29 is 27.9 Å². The van der Waals surface area contributed by atoms with Crippen LogP contribution in [-0.4, -0.2) is 22.8 Å². The van der Waals surface area contributed by atoms with Crippen molar-refractivity contribution in [3.05, 3.63) is 46.7 Å². The maximum Gasteiger partial charge on any atom is 0.391 e. The van der Waals surface area contributed by atoms with E-state index in [1.807, 2.05) is 0 Å². The number of aliphatic hydroxyl groups is 1. The summed E-state index contributed by atoms with van der Waals surface area (Å²) in [6.45, 7) is 0.901. The van der Waals surface area contributed by atoms with Crippen molar-refractivity contribution in [3.8, 4) is 0 Å². The minimum Gasteiger partial charge on any atom is -0.504 e. The van der Waals surface area contributed by atoms with Crippen LogP contribution in [0.2, 0.25) is 0 Å². The zero-order valence-corrected chi connectivity index (χ0v) is 10.5. The van der Waals surface area contributed by atoms with Gasteiger partial charge in [0.05, 0.1) is 5.92 Å². The molecule has 0 saturated carbocycles. The highest BCUT2D eigenvalue weighted by molar-refractivity contribution is 6.25. The smallest absolute Gasteiger partial charge is 0.391 e. The Morgan fingerprint density at radius 1 is 1.10 bits per heavy atom. The standard InChI is InChI=1S/C14H11F3O3/c1-7(14(15,16)17)6-10-11(18)8-4-2-3-5-9(8)12(19)13(10)20/h2-5,7,20H,6H2,1H3. The third kappa shape index (κ3) is 2.33. The first-order valence-corrected chi connectivity index (χ1v) is 5.90. The van der Waals surface area contributed by atoms with Crippen molar-refractivity contribution in [1.29, 1.82) is 0 Å². The van der Waals surface area contributed by atoms with E-state index < -0.39 is 41.4 Å². The number of rotatable bonds is 2. The number of hydrogen-bond donors (Lipinski definition) is 1. The molecule has 3 nitrogen and oxygen atoms in total. The van der Waals surface area contributed by atoms with Gasteiger partial charge in [-0.3, -0.25) is 9.59 Å². The number of aliphatic hydroxyl groups excluding tert-OH is 1. The first-order valence-electron chi connectivity index (χ1n) is 5.90. The molecular weight excluding hydrogens is 273 g/mol. The average Bonchev–Trinajstić information content (AvgIpc) is 2.39. The van der Waals surface area contributed by atoms with Crippen LogP contribution >= 0.6 is 0 Å². The molecule has 0 aliphatic heterocycles. The molecule has 0 bridgehead atoms. The van der Waals surface area contributed by atoms with Crippen LogP contribution in [0, 0.1) is 5.92 Å². The van der Waals surface area contributed by atoms with E-state index in [4.69, 9.17) is 0 Å². The van der Waals surface area contributed by atoms with Crippen LogP contribution in [0.25, 0.3) is 0 Å². The van der Waals surface area contributed by atoms with Crippen LogP contribution < -0.4 is 0 Å². The van der Waals surface area contributed by atoms with E-state index in [9.17, 15) is 27.9 Å². The van der Waals surface area contributed by atoms with E-state index >= 15 is 0 Å². The Hall–Kier alpha value is -2.11. The summed E-state index contributed by atoms with van der Waals surface area (Å²) in [6, 6.07) is 5.74. The predicted octanol–water partition coefficient (Wildman–Crippen LogP) is 3.47. The zero-order valence-electron chi connectivity index (χ0n) is 10.5. The molecule has 0 heterocycles. The van der Waals surface area contributed by atoms with E-state index in [-0.39, 0.29) is 11.1 Å². The van der Waals surface area contributed by atoms with Gasteiger partial charge in [0.2, 0.25) is 5.78 Å². The molecule has 0 saturated heterocycles. The number of allylic oxidation sites excluding steroid dienone is 2. The fourth-order valence-corrected chi connectivity index (χ4v) is 2.03. The molecule has 6 heteroatoms. The zero-order chi connectivity index (χ0) is 15.1. The lowest BCUT2D eigenvalue weighted by Gasteiger charge is -2.21. The lowest BCUT2D eigenvalue weighted by molar-refractivity contribution is -0.168. The van der Waals surface area contributed by atoms with Crippen molar-refractivity contribution in [3.63, 3.8) is 0 Å². The monoisotopic (exact) mass is 284 g/mol. The maximum atomic E-state index is 12.6. The minimum absolute atomic E-state index is 0.0124. The van der Waals surface area contributed by atoms with Crippen molar-refractivity contribution in [2.75, 3.05) is 0 Å². The molecule has 0 spiro atoms. The fourth-order valence-electron chi connectivity index (χ4n) is 2.03. The lowest BCUT2D eigenvalue weighted by atomic mass is 9.84. The summed E-state index contributed by atoms with van der Waals surface area (Å²) in [5.74, 6) is -4.25. The summed E-state index contributed by atoms with van der Waals surface area (Å²) in [5, 5.41) is 9.71. The molecule has 0 fully saturated rings. The maximum absolute atomic E-state index is 12.6. The van der Waals surface area contributed by atoms with Crippen LogP contribution in [0.3, 0.4) is 0 Å². The SMILES string of the molecule is CC(CC1=C(O)C(=O)c2ccccc2C1=O)C(F)(F)F. The van der Waals surface area contributed by atoms with Gasteiger partial charge in [-0.25, -0.2) is 0 Å². The largest absolute Gasteiger partial charge is 0.504 e. The van der Waals surface area contributed by atoms with Crippen molar-refractivity contribution in [2.45, 2.75) is 19.5 Å². The molecule has 1 unspecified atom stereocenters. The van der Waals surface area contributed by atoms with E-state index in [1.165, 1.54) is 24.3 Å². The van der Waals surface area contributed by atoms with Gasteiger partial charge < -0.3 is 5.11 Å². The second-order valence-electron chi connectivity index (χ2n) is 4.68. The van der Waals surface area contributed by atoms with Gasteiger partial charge in [-0.1, -0.05) is 31.2 Å². The number of hydrogen-bond acceptors (Lipinski definition) is 3. The van der Waals surface area contributed by atoms with Gasteiger partial charge in [0.1, 0.15) is 0 Å². The van der Waals surface area contributed by atoms with E-state index in [0.29, 0.717) is 0 Å². The van der Waals surface area contributed by atoms with E-state index in [0.717, 1.165) is 6.92 Å². The van der Waals surface area contributed by atoms with Crippen LogP contribution in [0.4, 0.5) is 13.2 Å². The van der Waals surface area contributed by atoms with E-state index in [1.54, 1.807) is 0 Å². The minimum atomic E-state index is -4.49. The molecule has 0 radical (unpaired) electrons. The number of benzene rings is 1. The quantitative estimate of drug-likeness (QED) is 0.904. The first-order chi connectivity index (χ1) is 9.23. The first kappa shape index (κ1) is 14.3. The molecule has 0 aromatic heterocycles. The van der Waals surface area contributed by atoms with Crippen molar-refractivity contribution >= 4 is 11.6 Å². The number of alkyl halides is 3. The normalized spacial score (nSPS) is 17.2. The molecule has 1 aliphatic carbocycles. The number of carbonyl (C=O) groups excluding carboxylic acids is 2. The second kappa shape index (κ2) is 4.77. The Balaban J connectivity index is 2.42. The molecule has 1 aliphatic rings. The number of fused-ring (bicyclic) bond motifs is 1. The number of Topliss-reactive ketones (excluding diaryl/α,β-unsaturated/α-hetero) is 2. The Morgan fingerprint density at radius 2 is 1.60 bits per heavy atom. The topological polar surface area (TPSA) is 54.4 Å². The fraction of sp³-hybridized carbons (Fsp3) is 0.286. The highest BCUT2D eigenvalue weighted by atomic mass is 19.4. The molecule has 1 aromatic rings. The summed E-state index contributed by atoms with van der Waals surface area (Å²) >= 11 is 0. The van der Waals surface area contributed by atoms with Crippen LogP contribution in [0.15, 0.2) is 35.6 Å². The molecular formula is C14H11F3O3. The summed E-state index contributed by atoms with van der Waals surface area (Å²) in [6.07, 6.45) is -5.21. The van der Waals surface area contributed by atoms with Gasteiger partial charge in [-0.05, 0) is 6.42 Å². The third-order valence-electron chi connectivity index (χ3n) is 3.26. The molecule has 106 valence electrons. The Labute approximate surface area is 112 Å². The molecule has 1 atom stereocenters. The summed E-state index contributed by atoms with van der Waals surface area (Å²) in [7, 11) is 0. The highest BCUT2D eigenvalue weighted by Gasteiger charge is 2.40. The van der Waals surface area contributed by atoms with Gasteiger partial charge in [0, 0.05) is 16.7 Å². The average molecular weight is 284 g/mol. The lowest BCUT2D eigenvalue weighted by Crippen LogP contribution is -2.27. The molecule has 1 aromatic carbocycles. The highest BCUT2D eigenvalue weighted by Crippen LogP contribution is 2.35. The number of ketones is 2. The number of carbonyl (C=O) groups is 2. The van der Waals surface area contributed by atoms with Crippen molar-refractivity contribution in [2.24, 2.45) is 5.92 Å². The Bertz CT molecular complexity index is 614. The molecule has 20 heavy (non-hydrogen) atoms. The predicted molar refractivity (Wildman–Crippen MR) is 64.6 cm³/mol.